The average molecular weight is 363 g/mol. The Hall–Kier alpha value is -3.47. The summed E-state index contributed by atoms with van der Waals surface area (Å²) in [4.78, 5) is 24.4. The van der Waals surface area contributed by atoms with Crippen molar-refractivity contribution in [2.24, 2.45) is 0 Å². The van der Waals surface area contributed by atoms with Gasteiger partial charge in [0.15, 0.2) is 6.61 Å². The summed E-state index contributed by atoms with van der Waals surface area (Å²) in [6.07, 6.45) is 0. The van der Waals surface area contributed by atoms with E-state index in [1.165, 1.54) is 6.07 Å². The van der Waals surface area contributed by atoms with E-state index in [2.05, 4.69) is 5.32 Å². The van der Waals surface area contributed by atoms with Gasteiger partial charge in [0.1, 0.15) is 5.82 Å². The molecule has 27 heavy (non-hydrogen) atoms. The number of anilines is 1. The maximum Gasteiger partial charge on any atom is 0.339 e. The molecule has 0 fully saturated rings. The third kappa shape index (κ3) is 4.58. The molecule has 4 nitrogen and oxygen atoms in total. The van der Waals surface area contributed by atoms with Gasteiger partial charge in [-0.25, -0.2) is 9.18 Å². The highest BCUT2D eigenvalue weighted by atomic mass is 19.1. The fourth-order valence-corrected chi connectivity index (χ4v) is 2.61. The lowest BCUT2D eigenvalue weighted by molar-refractivity contribution is -0.119. The second-order valence-corrected chi connectivity index (χ2v) is 6.00. The molecule has 0 unspecified atom stereocenters. The number of halogens is 1. The zero-order valence-corrected chi connectivity index (χ0v) is 14.7. The van der Waals surface area contributed by atoms with Crippen LogP contribution in [0.15, 0.2) is 72.8 Å². The summed E-state index contributed by atoms with van der Waals surface area (Å²) in [6.45, 7) is 1.17. The monoisotopic (exact) mass is 363 g/mol. The van der Waals surface area contributed by atoms with E-state index in [9.17, 15) is 14.0 Å². The molecule has 3 rings (SSSR count). The van der Waals surface area contributed by atoms with E-state index < -0.39 is 24.3 Å². The van der Waals surface area contributed by atoms with Crippen LogP contribution < -0.4 is 5.32 Å². The van der Waals surface area contributed by atoms with Crippen molar-refractivity contribution < 1.29 is 18.7 Å². The van der Waals surface area contributed by atoms with Crippen LogP contribution in [-0.2, 0) is 9.53 Å². The first-order valence-electron chi connectivity index (χ1n) is 8.42. The zero-order chi connectivity index (χ0) is 19.2. The highest BCUT2D eigenvalue weighted by Gasteiger charge is 2.15. The second-order valence-electron chi connectivity index (χ2n) is 6.00. The maximum absolute atomic E-state index is 13.5. The van der Waals surface area contributed by atoms with Gasteiger partial charge in [0.05, 0.1) is 5.56 Å². The van der Waals surface area contributed by atoms with Crippen LogP contribution in [0.2, 0.25) is 0 Å². The van der Waals surface area contributed by atoms with E-state index in [0.29, 0.717) is 16.8 Å². The maximum atomic E-state index is 13.5. The van der Waals surface area contributed by atoms with E-state index in [1.54, 1.807) is 31.2 Å². The molecule has 0 aromatic heterocycles. The van der Waals surface area contributed by atoms with Gasteiger partial charge >= 0.3 is 5.97 Å². The summed E-state index contributed by atoms with van der Waals surface area (Å²) >= 11 is 0. The molecular weight excluding hydrogens is 345 g/mol. The Labute approximate surface area is 156 Å². The Kier molecular flexibility index (Phi) is 5.61. The predicted octanol–water partition coefficient (Wildman–Crippen LogP) is 4.60. The minimum atomic E-state index is -0.598. The van der Waals surface area contributed by atoms with Crippen molar-refractivity contribution in [1.82, 2.24) is 0 Å². The normalized spacial score (nSPS) is 10.3. The molecule has 1 N–H and O–H groups in total. The average Bonchev–Trinajstić information content (AvgIpc) is 2.69. The molecule has 0 aliphatic heterocycles. The van der Waals surface area contributed by atoms with E-state index in [4.69, 9.17) is 4.74 Å². The number of benzene rings is 3. The van der Waals surface area contributed by atoms with Gasteiger partial charge in [-0.3, -0.25) is 4.79 Å². The van der Waals surface area contributed by atoms with Crippen LogP contribution in [0.25, 0.3) is 11.1 Å². The number of amides is 1. The van der Waals surface area contributed by atoms with Crippen molar-refractivity contribution in [3.8, 4) is 11.1 Å². The van der Waals surface area contributed by atoms with Crippen molar-refractivity contribution >= 4 is 17.6 Å². The SMILES string of the molecule is Cc1ccc(NC(=O)COC(=O)c2ccccc2-c2ccccc2)cc1F. The third-order valence-electron chi connectivity index (χ3n) is 4.02. The van der Waals surface area contributed by atoms with Gasteiger partial charge in [-0.05, 0) is 41.8 Å². The summed E-state index contributed by atoms with van der Waals surface area (Å²) in [5, 5.41) is 2.51. The molecule has 0 heterocycles. The minimum absolute atomic E-state index is 0.309. The highest BCUT2D eigenvalue weighted by molar-refractivity contribution is 5.99. The first kappa shape index (κ1) is 18.3. The second kappa shape index (κ2) is 8.27. The molecule has 1 amide bonds. The number of carbonyl (C=O) groups excluding carboxylic acids is 2. The van der Waals surface area contributed by atoms with E-state index in [-0.39, 0.29) is 0 Å². The summed E-state index contributed by atoms with van der Waals surface area (Å²) < 4.78 is 18.7. The number of ether oxygens (including phenoxy) is 1. The van der Waals surface area contributed by atoms with Crippen LogP contribution in [0, 0.1) is 12.7 Å². The largest absolute Gasteiger partial charge is 0.452 e. The van der Waals surface area contributed by atoms with Crippen LogP contribution in [0.4, 0.5) is 10.1 Å². The van der Waals surface area contributed by atoms with Gasteiger partial charge in [-0.1, -0.05) is 54.6 Å². The van der Waals surface area contributed by atoms with Crippen molar-refractivity contribution in [2.45, 2.75) is 6.92 Å². The number of esters is 1. The lowest BCUT2D eigenvalue weighted by Crippen LogP contribution is -2.21. The zero-order valence-electron chi connectivity index (χ0n) is 14.7. The van der Waals surface area contributed by atoms with Crippen molar-refractivity contribution in [3.63, 3.8) is 0 Å². The van der Waals surface area contributed by atoms with E-state index in [1.807, 2.05) is 42.5 Å². The number of hydrogen-bond donors (Lipinski definition) is 1. The Morgan fingerprint density at radius 3 is 2.41 bits per heavy atom. The Morgan fingerprint density at radius 1 is 0.963 bits per heavy atom. The molecule has 0 radical (unpaired) electrons. The standard InChI is InChI=1S/C22H18FNO3/c1-15-11-12-17(13-20(15)23)24-21(25)14-27-22(26)19-10-6-5-9-18(19)16-7-3-2-4-8-16/h2-13H,14H2,1H3,(H,24,25). The van der Waals surface area contributed by atoms with Crippen LogP contribution >= 0.6 is 0 Å². The number of carbonyl (C=O) groups is 2. The fourth-order valence-electron chi connectivity index (χ4n) is 2.61. The van der Waals surface area contributed by atoms with Crippen LogP contribution in [-0.4, -0.2) is 18.5 Å². The summed E-state index contributed by atoms with van der Waals surface area (Å²) in [5.41, 5.74) is 2.77. The van der Waals surface area contributed by atoms with Crippen LogP contribution in [0.3, 0.4) is 0 Å². The molecule has 136 valence electrons. The lowest BCUT2D eigenvalue weighted by Gasteiger charge is -2.10. The Morgan fingerprint density at radius 2 is 1.67 bits per heavy atom. The first-order chi connectivity index (χ1) is 13.0. The third-order valence-corrected chi connectivity index (χ3v) is 4.02. The highest BCUT2D eigenvalue weighted by Crippen LogP contribution is 2.24. The molecule has 0 bridgehead atoms. The quantitative estimate of drug-likeness (QED) is 0.674. The van der Waals surface area contributed by atoms with Crippen LogP contribution in [0.1, 0.15) is 15.9 Å². The van der Waals surface area contributed by atoms with Crippen molar-refractivity contribution in [3.05, 3.63) is 89.7 Å². The number of nitrogens with one attached hydrogen (secondary N) is 1. The molecule has 0 saturated heterocycles. The summed E-state index contributed by atoms with van der Waals surface area (Å²) in [5.74, 6) is -1.55. The van der Waals surface area contributed by atoms with Gasteiger partial charge in [-0.15, -0.1) is 0 Å². The smallest absolute Gasteiger partial charge is 0.339 e. The topological polar surface area (TPSA) is 55.4 Å². The van der Waals surface area contributed by atoms with Gasteiger partial charge in [-0.2, -0.15) is 0 Å². The minimum Gasteiger partial charge on any atom is -0.452 e. The van der Waals surface area contributed by atoms with Crippen molar-refractivity contribution in [2.75, 3.05) is 11.9 Å². The van der Waals surface area contributed by atoms with Gasteiger partial charge in [0, 0.05) is 5.69 Å². The van der Waals surface area contributed by atoms with Gasteiger partial charge in [0.25, 0.3) is 5.91 Å². The molecule has 0 atom stereocenters. The number of aryl methyl sites for hydroxylation is 1. The van der Waals surface area contributed by atoms with Gasteiger partial charge in [0.2, 0.25) is 0 Å². The van der Waals surface area contributed by atoms with Gasteiger partial charge < -0.3 is 10.1 Å². The molecule has 0 aliphatic rings. The number of hydrogen-bond acceptors (Lipinski definition) is 3. The molecule has 3 aromatic rings. The molecular formula is C22H18FNO3. The summed E-state index contributed by atoms with van der Waals surface area (Å²) in [6, 6.07) is 20.8. The first-order valence-corrected chi connectivity index (χ1v) is 8.42. The van der Waals surface area contributed by atoms with Crippen molar-refractivity contribution in [1.29, 1.82) is 0 Å². The molecule has 0 saturated carbocycles. The fraction of sp³-hybridized carbons (Fsp3) is 0.0909. The molecule has 0 aliphatic carbocycles. The summed E-state index contributed by atoms with van der Waals surface area (Å²) in [7, 11) is 0. The predicted molar refractivity (Wildman–Crippen MR) is 102 cm³/mol. The molecule has 5 heteroatoms. The Balaban J connectivity index is 1.66. The molecule has 0 spiro atoms. The van der Waals surface area contributed by atoms with E-state index >= 15 is 0 Å². The van der Waals surface area contributed by atoms with Crippen LogP contribution in [0.5, 0.6) is 0 Å². The lowest BCUT2D eigenvalue weighted by atomic mass is 10.00. The number of rotatable bonds is 5. The molecule has 3 aromatic carbocycles. The van der Waals surface area contributed by atoms with E-state index in [0.717, 1.165) is 11.1 Å². The Bertz CT molecular complexity index is 970.